The third-order valence-corrected chi connectivity index (χ3v) is 5.74. The molecule has 1 aromatic rings. The van der Waals surface area contributed by atoms with E-state index >= 15 is 0 Å². The summed E-state index contributed by atoms with van der Waals surface area (Å²) in [5.41, 5.74) is 1.10. The minimum Gasteiger partial charge on any atom is -0.439 e. The molecule has 0 saturated carbocycles. The molecule has 0 spiro atoms. The van der Waals surface area contributed by atoms with E-state index in [1.165, 1.54) is 37.0 Å². The molecule has 1 amide bonds. The summed E-state index contributed by atoms with van der Waals surface area (Å²) in [6.45, 7) is 9.53. The van der Waals surface area contributed by atoms with Crippen LogP contribution in [0.3, 0.4) is 0 Å². The number of thioether (sulfide) groups is 1. The lowest BCUT2D eigenvalue weighted by Crippen LogP contribution is -2.32. The molecule has 1 fully saturated rings. The van der Waals surface area contributed by atoms with E-state index in [0.29, 0.717) is 5.25 Å². The van der Waals surface area contributed by atoms with Gasteiger partial charge in [0.15, 0.2) is 0 Å². The smallest absolute Gasteiger partial charge is 0.410 e. The first-order valence-electron chi connectivity index (χ1n) is 9.76. The first-order valence-corrected chi connectivity index (χ1v) is 10.6. The summed E-state index contributed by atoms with van der Waals surface area (Å²) in [4.78, 5) is 15.4. The van der Waals surface area contributed by atoms with Gasteiger partial charge in [-0.25, -0.2) is 4.79 Å². The van der Waals surface area contributed by atoms with Gasteiger partial charge in [-0.3, -0.25) is 0 Å². The maximum Gasteiger partial charge on any atom is 0.410 e. The van der Waals surface area contributed by atoms with Crippen molar-refractivity contribution in [2.45, 2.75) is 88.5 Å². The lowest BCUT2D eigenvalue weighted by Gasteiger charge is -2.21. The molecule has 140 valence electrons. The normalized spacial score (nSPS) is 20.4. The van der Waals surface area contributed by atoms with Gasteiger partial charge in [-0.1, -0.05) is 65.0 Å². The lowest BCUT2D eigenvalue weighted by molar-refractivity contribution is 0.130. The van der Waals surface area contributed by atoms with Gasteiger partial charge >= 0.3 is 6.09 Å². The first-order chi connectivity index (χ1) is 12.0. The van der Waals surface area contributed by atoms with Crippen LogP contribution < -0.4 is 0 Å². The van der Waals surface area contributed by atoms with E-state index in [0.717, 1.165) is 18.5 Å². The molecule has 1 aliphatic heterocycles. The van der Waals surface area contributed by atoms with Gasteiger partial charge in [0.25, 0.3) is 0 Å². The molecule has 0 aromatic heterocycles. The SMILES string of the molecule is CCCCCCCCN1C(=O)OC(c2ccc(SC(C)C)cc2)C1C. The molecule has 0 radical (unpaired) electrons. The zero-order chi connectivity index (χ0) is 18.2. The fraction of sp³-hybridized carbons (Fsp3) is 0.667. The Balaban J connectivity index is 1.86. The Morgan fingerprint density at radius 2 is 1.72 bits per heavy atom. The highest BCUT2D eigenvalue weighted by Crippen LogP contribution is 2.34. The molecule has 2 atom stereocenters. The lowest BCUT2D eigenvalue weighted by atomic mass is 10.0. The molecule has 2 rings (SSSR count). The molecule has 0 N–H and O–H groups in total. The number of rotatable bonds is 10. The summed E-state index contributed by atoms with van der Waals surface area (Å²) in [7, 11) is 0. The quantitative estimate of drug-likeness (QED) is 0.354. The van der Waals surface area contributed by atoms with E-state index in [2.05, 4.69) is 52.0 Å². The topological polar surface area (TPSA) is 29.5 Å². The molecule has 3 nitrogen and oxygen atoms in total. The summed E-state index contributed by atoms with van der Waals surface area (Å²) in [6.07, 6.45) is 7.12. The number of carbonyl (C=O) groups excluding carboxylic acids is 1. The molecule has 4 heteroatoms. The molecule has 0 bridgehead atoms. The number of benzene rings is 1. The Kier molecular flexibility index (Phi) is 8.14. The number of amides is 1. The second kappa shape index (κ2) is 10.1. The standard InChI is InChI=1S/C21H33NO2S/c1-5-6-7-8-9-10-15-22-17(4)20(24-21(22)23)18-11-13-19(14-12-18)25-16(2)3/h11-14,16-17,20H,5-10,15H2,1-4H3. The van der Waals surface area contributed by atoms with E-state index in [1.807, 2.05) is 16.7 Å². The summed E-state index contributed by atoms with van der Waals surface area (Å²) in [5.74, 6) is 0. The van der Waals surface area contributed by atoms with Crippen molar-refractivity contribution in [3.05, 3.63) is 29.8 Å². The minimum absolute atomic E-state index is 0.103. The Bertz CT molecular complexity index is 529. The monoisotopic (exact) mass is 363 g/mol. The Morgan fingerprint density at radius 1 is 1.08 bits per heavy atom. The fourth-order valence-electron chi connectivity index (χ4n) is 3.32. The van der Waals surface area contributed by atoms with Crippen LogP contribution in [0.1, 0.15) is 77.9 Å². The number of hydrogen-bond acceptors (Lipinski definition) is 3. The summed E-state index contributed by atoms with van der Waals surface area (Å²) >= 11 is 1.85. The predicted molar refractivity (Wildman–Crippen MR) is 106 cm³/mol. The van der Waals surface area contributed by atoms with Crippen LogP contribution in [-0.2, 0) is 4.74 Å². The molecule has 1 aliphatic rings. The number of cyclic esters (lactones) is 1. The van der Waals surface area contributed by atoms with Crippen molar-refractivity contribution in [1.29, 1.82) is 0 Å². The van der Waals surface area contributed by atoms with Crippen LogP contribution in [0.5, 0.6) is 0 Å². The van der Waals surface area contributed by atoms with Crippen molar-refractivity contribution in [2.75, 3.05) is 6.54 Å². The van der Waals surface area contributed by atoms with Crippen LogP contribution >= 0.6 is 11.8 Å². The van der Waals surface area contributed by atoms with Gasteiger partial charge < -0.3 is 9.64 Å². The van der Waals surface area contributed by atoms with Gasteiger partial charge in [-0.05, 0) is 31.0 Å². The highest BCUT2D eigenvalue weighted by molar-refractivity contribution is 7.99. The van der Waals surface area contributed by atoms with E-state index in [1.54, 1.807) is 0 Å². The Hall–Kier alpha value is -1.16. The van der Waals surface area contributed by atoms with Gasteiger partial charge in [-0.2, -0.15) is 0 Å². The number of ether oxygens (including phenoxy) is 1. The minimum atomic E-state index is -0.160. The van der Waals surface area contributed by atoms with E-state index < -0.39 is 0 Å². The second-order valence-electron chi connectivity index (χ2n) is 7.24. The first kappa shape index (κ1) is 20.2. The number of hydrogen-bond donors (Lipinski definition) is 0. The van der Waals surface area contributed by atoms with Gasteiger partial charge in [0.1, 0.15) is 6.10 Å². The third-order valence-electron chi connectivity index (χ3n) is 4.73. The molecular formula is C21H33NO2S. The molecular weight excluding hydrogens is 330 g/mol. The number of unbranched alkanes of at least 4 members (excludes halogenated alkanes) is 5. The highest BCUT2D eigenvalue weighted by Gasteiger charge is 2.39. The van der Waals surface area contributed by atoms with Gasteiger partial charge in [0, 0.05) is 16.7 Å². The molecule has 0 aliphatic carbocycles. The van der Waals surface area contributed by atoms with Crippen molar-refractivity contribution in [1.82, 2.24) is 4.90 Å². The van der Waals surface area contributed by atoms with Crippen LogP contribution in [0.25, 0.3) is 0 Å². The maximum absolute atomic E-state index is 12.2. The van der Waals surface area contributed by atoms with E-state index in [9.17, 15) is 4.79 Å². The maximum atomic E-state index is 12.2. The summed E-state index contributed by atoms with van der Waals surface area (Å²) < 4.78 is 5.67. The van der Waals surface area contributed by atoms with Crippen LogP contribution in [0.4, 0.5) is 4.79 Å². The summed E-state index contributed by atoms with van der Waals surface area (Å²) in [6, 6.07) is 8.58. The second-order valence-corrected chi connectivity index (χ2v) is 8.89. The van der Waals surface area contributed by atoms with Gasteiger partial charge in [0.05, 0.1) is 6.04 Å². The van der Waals surface area contributed by atoms with Crippen molar-refractivity contribution < 1.29 is 9.53 Å². The zero-order valence-electron chi connectivity index (χ0n) is 16.2. The van der Waals surface area contributed by atoms with Crippen LogP contribution in [-0.4, -0.2) is 28.8 Å². The van der Waals surface area contributed by atoms with Crippen LogP contribution in [0.2, 0.25) is 0 Å². The average molecular weight is 364 g/mol. The Labute approximate surface area is 157 Å². The largest absolute Gasteiger partial charge is 0.439 e. The molecule has 2 unspecified atom stereocenters. The average Bonchev–Trinajstić information content (AvgIpc) is 2.86. The number of nitrogens with zero attached hydrogens (tertiary/aromatic N) is 1. The molecule has 1 aromatic carbocycles. The zero-order valence-corrected chi connectivity index (χ0v) is 17.0. The molecule has 25 heavy (non-hydrogen) atoms. The van der Waals surface area contributed by atoms with Gasteiger partial charge in [0.2, 0.25) is 0 Å². The molecule has 1 saturated heterocycles. The summed E-state index contributed by atoms with van der Waals surface area (Å²) in [5, 5.41) is 0.571. The van der Waals surface area contributed by atoms with Crippen LogP contribution in [0, 0.1) is 0 Å². The van der Waals surface area contributed by atoms with E-state index in [-0.39, 0.29) is 18.2 Å². The number of carbonyl (C=O) groups is 1. The van der Waals surface area contributed by atoms with Crippen molar-refractivity contribution in [3.8, 4) is 0 Å². The van der Waals surface area contributed by atoms with Crippen LogP contribution in [0.15, 0.2) is 29.2 Å². The molecule has 1 heterocycles. The van der Waals surface area contributed by atoms with Crippen molar-refractivity contribution in [2.24, 2.45) is 0 Å². The third kappa shape index (κ3) is 5.95. The van der Waals surface area contributed by atoms with Crippen molar-refractivity contribution >= 4 is 17.9 Å². The van der Waals surface area contributed by atoms with Gasteiger partial charge in [-0.15, -0.1) is 11.8 Å². The van der Waals surface area contributed by atoms with Crippen molar-refractivity contribution in [3.63, 3.8) is 0 Å². The predicted octanol–water partition coefficient (Wildman–Crippen LogP) is 6.43. The van der Waals surface area contributed by atoms with E-state index in [4.69, 9.17) is 4.74 Å². The highest BCUT2D eigenvalue weighted by atomic mass is 32.2. The Morgan fingerprint density at radius 3 is 2.36 bits per heavy atom. The fourth-order valence-corrected chi connectivity index (χ4v) is 4.15.